The van der Waals surface area contributed by atoms with E-state index in [1.807, 2.05) is 0 Å². The van der Waals surface area contributed by atoms with Crippen LogP contribution in [-0.2, 0) is 10.7 Å². The minimum atomic E-state index is -2.86. The smallest absolute Gasteiger partial charge is 0.325 e. The van der Waals surface area contributed by atoms with Crippen LogP contribution in [0.5, 0.6) is 0 Å². The summed E-state index contributed by atoms with van der Waals surface area (Å²) in [4.78, 5) is 10.9. The van der Waals surface area contributed by atoms with Crippen LogP contribution in [0.4, 0.5) is 8.78 Å². The van der Waals surface area contributed by atoms with Gasteiger partial charge in [-0.2, -0.15) is 0 Å². The SMILES string of the molecule is CCC(F)(F)c1ccc(C(NC)C(=O)O)cc1. The van der Waals surface area contributed by atoms with Crippen LogP contribution < -0.4 is 5.32 Å². The molecule has 0 saturated heterocycles. The van der Waals surface area contributed by atoms with Gasteiger partial charge >= 0.3 is 5.97 Å². The van der Waals surface area contributed by atoms with E-state index in [1.165, 1.54) is 38.2 Å². The molecule has 0 aliphatic rings. The molecule has 0 spiro atoms. The predicted molar refractivity (Wildman–Crippen MR) is 60.1 cm³/mol. The number of hydrogen-bond donors (Lipinski definition) is 2. The third kappa shape index (κ3) is 3.00. The van der Waals surface area contributed by atoms with Crippen LogP contribution in [0.15, 0.2) is 24.3 Å². The van der Waals surface area contributed by atoms with Gasteiger partial charge in [-0.1, -0.05) is 31.2 Å². The molecule has 0 bridgehead atoms. The maximum atomic E-state index is 13.3. The van der Waals surface area contributed by atoms with Crippen LogP contribution >= 0.6 is 0 Å². The maximum absolute atomic E-state index is 13.3. The second-order valence-corrected chi connectivity index (χ2v) is 3.74. The molecule has 3 nitrogen and oxygen atoms in total. The molecule has 1 rings (SSSR count). The monoisotopic (exact) mass is 243 g/mol. The summed E-state index contributed by atoms with van der Waals surface area (Å²) in [7, 11) is 1.51. The van der Waals surface area contributed by atoms with E-state index in [9.17, 15) is 13.6 Å². The Kier molecular flexibility index (Phi) is 4.17. The second kappa shape index (κ2) is 5.23. The minimum absolute atomic E-state index is 0.0935. The first-order valence-corrected chi connectivity index (χ1v) is 5.30. The average molecular weight is 243 g/mol. The molecule has 2 N–H and O–H groups in total. The molecule has 1 atom stereocenters. The number of likely N-dealkylation sites (N-methyl/N-ethyl adjacent to an activating group) is 1. The standard InChI is InChI=1S/C12H15F2NO2/c1-3-12(13,14)9-6-4-8(5-7-9)10(15-2)11(16)17/h4-7,10,15H,3H2,1-2H3,(H,16,17). The fraction of sp³-hybridized carbons (Fsp3) is 0.417. The van der Waals surface area contributed by atoms with Crippen molar-refractivity contribution in [1.29, 1.82) is 0 Å². The molecule has 0 radical (unpaired) electrons. The van der Waals surface area contributed by atoms with Crippen molar-refractivity contribution in [1.82, 2.24) is 5.32 Å². The summed E-state index contributed by atoms with van der Waals surface area (Å²) >= 11 is 0. The highest BCUT2D eigenvalue weighted by molar-refractivity contribution is 5.75. The highest BCUT2D eigenvalue weighted by Gasteiger charge is 2.29. The van der Waals surface area contributed by atoms with Crippen molar-refractivity contribution < 1.29 is 18.7 Å². The molecule has 1 unspecified atom stereocenters. The molecular weight excluding hydrogens is 228 g/mol. The summed E-state index contributed by atoms with van der Waals surface area (Å²) in [5, 5.41) is 11.5. The lowest BCUT2D eigenvalue weighted by atomic mass is 10.0. The van der Waals surface area contributed by atoms with E-state index >= 15 is 0 Å². The van der Waals surface area contributed by atoms with Gasteiger partial charge < -0.3 is 10.4 Å². The zero-order valence-corrected chi connectivity index (χ0v) is 9.71. The van der Waals surface area contributed by atoms with E-state index in [2.05, 4.69) is 5.32 Å². The molecule has 5 heteroatoms. The van der Waals surface area contributed by atoms with E-state index in [-0.39, 0.29) is 12.0 Å². The quantitative estimate of drug-likeness (QED) is 0.835. The van der Waals surface area contributed by atoms with E-state index < -0.39 is 17.9 Å². The summed E-state index contributed by atoms with van der Waals surface area (Å²) in [5.74, 6) is -3.90. The van der Waals surface area contributed by atoms with Crippen LogP contribution in [0.2, 0.25) is 0 Å². The van der Waals surface area contributed by atoms with Gasteiger partial charge in [0.05, 0.1) is 0 Å². The van der Waals surface area contributed by atoms with Crippen LogP contribution in [0, 0.1) is 0 Å². The van der Waals surface area contributed by atoms with Gasteiger partial charge in [-0.3, -0.25) is 4.79 Å². The molecule has 0 fully saturated rings. The van der Waals surface area contributed by atoms with Gasteiger partial charge in [0, 0.05) is 12.0 Å². The molecule has 0 heterocycles. The van der Waals surface area contributed by atoms with E-state index in [0.717, 1.165) is 0 Å². The van der Waals surface area contributed by atoms with Gasteiger partial charge in [-0.05, 0) is 12.6 Å². The van der Waals surface area contributed by atoms with Gasteiger partial charge in [-0.25, -0.2) is 8.78 Å². The lowest BCUT2D eigenvalue weighted by Crippen LogP contribution is -2.25. The normalized spacial score (nSPS) is 13.4. The van der Waals surface area contributed by atoms with Crippen molar-refractivity contribution in [3.63, 3.8) is 0 Å². The molecule has 0 amide bonds. The molecule has 0 saturated carbocycles. The average Bonchev–Trinajstić information content (AvgIpc) is 2.30. The van der Waals surface area contributed by atoms with Crippen molar-refractivity contribution in [2.45, 2.75) is 25.3 Å². The zero-order valence-electron chi connectivity index (χ0n) is 9.71. The Balaban J connectivity index is 2.99. The van der Waals surface area contributed by atoms with Crippen molar-refractivity contribution in [3.05, 3.63) is 35.4 Å². The first-order valence-electron chi connectivity index (χ1n) is 5.30. The van der Waals surface area contributed by atoms with Crippen LogP contribution in [0.3, 0.4) is 0 Å². The highest BCUT2D eigenvalue weighted by atomic mass is 19.3. The minimum Gasteiger partial charge on any atom is -0.480 e. The zero-order chi connectivity index (χ0) is 13.1. The van der Waals surface area contributed by atoms with Crippen LogP contribution in [-0.4, -0.2) is 18.1 Å². The third-order valence-electron chi connectivity index (χ3n) is 2.65. The van der Waals surface area contributed by atoms with E-state index in [1.54, 1.807) is 0 Å². The predicted octanol–water partition coefficient (Wildman–Crippen LogP) is 2.53. The van der Waals surface area contributed by atoms with Gasteiger partial charge in [0.15, 0.2) is 0 Å². The maximum Gasteiger partial charge on any atom is 0.325 e. The Bertz CT molecular complexity index is 390. The number of rotatable bonds is 5. The molecule has 94 valence electrons. The van der Waals surface area contributed by atoms with Crippen LogP contribution in [0.25, 0.3) is 0 Å². The van der Waals surface area contributed by atoms with Crippen molar-refractivity contribution in [2.75, 3.05) is 7.05 Å². The summed E-state index contributed by atoms with van der Waals surface area (Å²) in [6.07, 6.45) is -0.277. The number of carboxylic acid groups (broad SMARTS) is 1. The Morgan fingerprint density at radius 1 is 1.41 bits per heavy atom. The van der Waals surface area contributed by atoms with E-state index in [4.69, 9.17) is 5.11 Å². The Morgan fingerprint density at radius 3 is 2.29 bits per heavy atom. The summed E-state index contributed by atoms with van der Waals surface area (Å²) in [5.41, 5.74) is 0.361. The Labute approximate surface area is 98.5 Å². The Morgan fingerprint density at radius 2 is 1.94 bits per heavy atom. The first kappa shape index (κ1) is 13.6. The lowest BCUT2D eigenvalue weighted by Gasteiger charge is -2.16. The molecular formula is C12H15F2NO2. The topological polar surface area (TPSA) is 49.3 Å². The number of benzene rings is 1. The van der Waals surface area contributed by atoms with Gasteiger partial charge in [-0.15, -0.1) is 0 Å². The third-order valence-corrected chi connectivity index (χ3v) is 2.65. The summed E-state index contributed by atoms with van der Waals surface area (Å²) in [6.45, 7) is 1.40. The fourth-order valence-electron chi connectivity index (χ4n) is 1.56. The molecule has 1 aromatic carbocycles. The fourth-order valence-corrected chi connectivity index (χ4v) is 1.56. The number of nitrogens with one attached hydrogen (secondary N) is 1. The highest BCUT2D eigenvalue weighted by Crippen LogP contribution is 2.31. The second-order valence-electron chi connectivity index (χ2n) is 3.74. The lowest BCUT2D eigenvalue weighted by molar-refractivity contribution is -0.139. The number of carboxylic acids is 1. The largest absolute Gasteiger partial charge is 0.480 e. The molecule has 1 aromatic rings. The van der Waals surface area contributed by atoms with Crippen LogP contribution in [0.1, 0.15) is 30.5 Å². The molecule has 0 aliphatic carbocycles. The van der Waals surface area contributed by atoms with Crippen molar-refractivity contribution in [3.8, 4) is 0 Å². The van der Waals surface area contributed by atoms with Gasteiger partial charge in [0.1, 0.15) is 6.04 Å². The number of alkyl halides is 2. The molecule has 0 aliphatic heterocycles. The van der Waals surface area contributed by atoms with Crippen molar-refractivity contribution in [2.24, 2.45) is 0 Å². The summed E-state index contributed by atoms with van der Waals surface area (Å²) < 4.78 is 26.7. The number of hydrogen-bond acceptors (Lipinski definition) is 2. The number of aliphatic carboxylic acids is 1. The van der Waals surface area contributed by atoms with E-state index in [0.29, 0.717) is 5.56 Å². The molecule has 0 aromatic heterocycles. The van der Waals surface area contributed by atoms with Gasteiger partial charge in [0.25, 0.3) is 5.92 Å². The van der Waals surface area contributed by atoms with Crippen molar-refractivity contribution >= 4 is 5.97 Å². The Hall–Kier alpha value is -1.49. The number of halogens is 2. The van der Waals surface area contributed by atoms with Gasteiger partial charge in [0.2, 0.25) is 0 Å². The number of carbonyl (C=O) groups is 1. The molecule has 17 heavy (non-hydrogen) atoms. The summed E-state index contributed by atoms with van der Waals surface area (Å²) in [6, 6.07) is 4.49. The first-order chi connectivity index (χ1) is 7.92.